The van der Waals surface area contributed by atoms with Crippen LogP contribution in [0.15, 0.2) is 5.38 Å². The van der Waals surface area contributed by atoms with Crippen LogP contribution >= 0.6 is 23.1 Å². The summed E-state index contributed by atoms with van der Waals surface area (Å²) in [5.74, 6) is -0.453. The number of hydrogen-bond donors (Lipinski definition) is 2. The van der Waals surface area contributed by atoms with E-state index in [1.807, 2.05) is 11.6 Å². The van der Waals surface area contributed by atoms with Crippen LogP contribution in [0.4, 0.5) is 5.13 Å². The molecule has 0 aromatic carbocycles. The van der Waals surface area contributed by atoms with Gasteiger partial charge in [-0.1, -0.05) is 0 Å². The number of carbonyl (C=O) groups excluding carboxylic acids is 1. The smallest absolute Gasteiger partial charge is 0.303 e. The molecule has 1 aromatic heterocycles. The zero-order valence-electron chi connectivity index (χ0n) is 9.43. The fourth-order valence-corrected chi connectivity index (χ4v) is 2.28. The molecule has 0 saturated carbocycles. The first-order chi connectivity index (χ1) is 8.11. The number of nitrogens with zero attached hydrogens (tertiary/aromatic N) is 1. The van der Waals surface area contributed by atoms with Crippen LogP contribution in [0.2, 0.25) is 0 Å². The lowest BCUT2D eigenvalue weighted by Gasteiger charge is -1.98. The molecule has 1 rings (SSSR count). The summed E-state index contributed by atoms with van der Waals surface area (Å²) in [5, 5.41) is 13.6. The molecular formula is C10H14N2O3S2. The van der Waals surface area contributed by atoms with E-state index < -0.39 is 5.97 Å². The first-order valence-electron chi connectivity index (χ1n) is 5.07. The predicted molar refractivity (Wildman–Crippen MR) is 69.7 cm³/mol. The molecule has 1 heterocycles. The van der Waals surface area contributed by atoms with Gasteiger partial charge in [-0.05, 0) is 19.1 Å². The summed E-state index contributed by atoms with van der Waals surface area (Å²) in [6, 6.07) is 0. The van der Waals surface area contributed by atoms with Crippen LogP contribution in [0.5, 0.6) is 0 Å². The molecule has 0 fully saturated rings. The number of aryl methyl sites for hydroxylation is 1. The third-order valence-electron chi connectivity index (χ3n) is 1.90. The van der Waals surface area contributed by atoms with Crippen molar-refractivity contribution in [2.75, 3.05) is 17.3 Å². The van der Waals surface area contributed by atoms with E-state index in [-0.39, 0.29) is 12.3 Å². The number of carbonyl (C=O) groups is 2. The monoisotopic (exact) mass is 274 g/mol. The molecule has 17 heavy (non-hydrogen) atoms. The Labute approximate surface area is 108 Å². The van der Waals surface area contributed by atoms with E-state index in [4.69, 9.17) is 5.11 Å². The van der Waals surface area contributed by atoms with Gasteiger partial charge in [-0.25, -0.2) is 4.98 Å². The maximum absolute atomic E-state index is 11.3. The third kappa shape index (κ3) is 5.69. The van der Waals surface area contributed by atoms with Crippen LogP contribution in [0.1, 0.15) is 18.5 Å². The molecule has 0 atom stereocenters. The Bertz CT molecular complexity index is 393. The molecule has 5 nitrogen and oxygen atoms in total. The van der Waals surface area contributed by atoms with E-state index in [0.29, 0.717) is 23.7 Å². The topological polar surface area (TPSA) is 79.3 Å². The lowest BCUT2D eigenvalue weighted by Crippen LogP contribution is -2.13. The predicted octanol–water partition coefficient (Wildman–Crippen LogP) is 1.85. The van der Waals surface area contributed by atoms with Gasteiger partial charge in [0.1, 0.15) is 0 Å². The number of amides is 1. The van der Waals surface area contributed by atoms with E-state index in [0.717, 1.165) is 5.69 Å². The fourth-order valence-electron chi connectivity index (χ4n) is 1.19. The molecule has 0 bridgehead atoms. The van der Waals surface area contributed by atoms with Gasteiger partial charge in [0.25, 0.3) is 0 Å². The Morgan fingerprint density at radius 2 is 2.35 bits per heavy atom. The van der Waals surface area contributed by atoms with Gasteiger partial charge in [-0.15, -0.1) is 11.3 Å². The number of nitrogens with one attached hydrogen (secondary N) is 1. The lowest BCUT2D eigenvalue weighted by molar-refractivity contribution is -0.137. The summed E-state index contributed by atoms with van der Waals surface area (Å²) < 4.78 is 0. The highest BCUT2D eigenvalue weighted by atomic mass is 32.2. The van der Waals surface area contributed by atoms with Crippen LogP contribution < -0.4 is 5.32 Å². The molecule has 0 saturated heterocycles. The molecule has 94 valence electrons. The number of thioether (sulfide) groups is 1. The van der Waals surface area contributed by atoms with Crippen molar-refractivity contribution >= 4 is 40.1 Å². The summed E-state index contributed by atoms with van der Waals surface area (Å²) in [4.78, 5) is 25.8. The second-order valence-corrected chi connectivity index (χ2v) is 5.10. The van der Waals surface area contributed by atoms with Crippen molar-refractivity contribution < 1.29 is 14.7 Å². The number of aromatic nitrogens is 1. The fraction of sp³-hybridized carbons (Fsp3) is 0.500. The maximum Gasteiger partial charge on any atom is 0.303 e. The number of carboxylic acid groups (broad SMARTS) is 1. The second kappa shape index (κ2) is 7.29. The van der Waals surface area contributed by atoms with Crippen molar-refractivity contribution in [2.45, 2.75) is 19.3 Å². The standard InChI is InChI=1S/C10H14N2O3S2/c1-16-6-8(13)12-10-11-7(5-17-10)3-2-4-9(14)15/h5H,2-4,6H2,1H3,(H,14,15)(H,11,12,13). The van der Waals surface area contributed by atoms with Gasteiger partial charge in [0, 0.05) is 11.8 Å². The number of anilines is 1. The van der Waals surface area contributed by atoms with Gasteiger partial charge in [0.05, 0.1) is 11.4 Å². The highest BCUT2D eigenvalue weighted by Gasteiger charge is 2.06. The zero-order valence-corrected chi connectivity index (χ0v) is 11.1. The average molecular weight is 274 g/mol. The van der Waals surface area contributed by atoms with Crippen molar-refractivity contribution in [3.8, 4) is 0 Å². The third-order valence-corrected chi connectivity index (χ3v) is 3.25. The van der Waals surface area contributed by atoms with Crippen LogP contribution in [0.3, 0.4) is 0 Å². The molecule has 0 unspecified atom stereocenters. The van der Waals surface area contributed by atoms with E-state index in [2.05, 4.69) is 10.3 Å². The van der Waals surface area contributed by atoms with Crippen LogP contribution in [-0.4, -0.2) is 34.0 Å². The first kappa shape index (κ1) is 14.0. The molecule has 0 aliphatic heterocycles. The highest BCUT2D eigenvalue weighted by Crippen LogP contribution is 2.17. The SMILES string of the molecule is CSCC(=O)Nc1nc(CCCC(=O)O)cs1. The normalized spacial score (nSPS) is 10.2. The summed E-state index contributed by atoms with van der Waals surface area (Å²) in [6.07, 6.45) is 3.20. The number of aliphatic carboxylic acids is 1. The number of carboxylic acids is 1. The molecular weight excluding hydrogens is 260 g/mol. The van der Waals surface area contributed by atoms with Crippen molar-refractivity contribution in [3.05, 3.63) is 11.1 Å². The first-order valence-corrected chi connectivity index (χ1v) is 7.34. The van der Waals surface area contributed by atoms with Gasteiger partial charge in [0.15, 0.2) is 5.13 Å². The van der Waals surface area contributed by atoms with Crippen LogP contribution in [-0.2, 0) is 16.0 Å². The van der Waals surface area contributed by atoms with Crippen molar-refractivity contribution in [1.29, 1.82) is 0 Å². The molecule has 0 aliphatic rings. The summed E-state index contributed by atoms with van der Waals surface area (Å²) in [6.45, 7) is 0. The van der Waals surface area contributed by atoms with Gasteiger partial charge < -0.3 is 10.4 Å². The molecule has 1 amide bonds. The summed E-state index contributed by atoms with van der Waals surface area (Å²) >= 11 is 2.82. The average Bonchev–Trinajstić information content (AvgIpc) is 2.65. The van der Waals surface area contributed by atoms with Crippen LogP contribution in [0, 0.1) is 0 Å². The minimum absolute atomic E-state index is 0.0658. The van der Waals surface area contributed by atoms with Gasteiger partial charge >= 0.3 is 5.97 Å². The van der Waals surface area contributed by atoms with Crippen molar-refractivity contribution in [2.24, 2.45) is 0 Å². The van der Waals surface area contributed by atoms with E-state index in [9.17, 15) is 9.59 Å². The summed E-state index contributed by atoms with van der Waals surface area (Å²) in [7, 11) is 0. The van der Waals surface area contributed by atoms with Crippen molar-refractivity contribution in [1.82, 2.24) is 4.98 Å². The van der Waals surface area contributed by atoms with Gasteiger partial charge in [-0.3, -0.25) is 9.59 Å². The second-order valence-electron chi connectivity index (χ2n) is 3.37. The number of thiazole rings is 1. The molecule has 0 aliphatic carbocycles. The molecule has 0 radical (unpaired) electrons. The lowest BCUT2D eigenvalue weighted by atomic mass is 10.2. The van der Waals surface area contributed by atoms with E-state index in [1.54, 1.807) is 0 Å². The Kier molecular flexibility index (Phi) is 5.99. The maximum atomic E-state index is 11.3. The number of hydrogen-bond acceptors (Lipinski definition) is 5. The van der Waals surface area contributed by atoms with E-state index >= 15 is 0 Å². The minimum atomic E-state index is -0.797. The van der Waals surface area contributed by atoms with Gasteiger partial charge in [-0.2, -0.15) is 11.8 Å². The Balaban J connectivity index is 2.37. The Morgan fingerprint density at radius 3 is 3.00 bits per heavy atom. The summed E-state index contributed by atoms with van der Waals surface area (Å²) in [5.41, 5.74) is 0.829. The van der Waals surface area contributed by atoms with E-state index in [1.165, 1.54) is 23.1 Å². The largest absolute Gasteiger partial charge is 0.481 e. The molecule has 0 spiro atoms. The minimum Gasteiger partial charge on any atom is -0.481 e. The Hall–Kier alpha value is -1.08. The highest BCUT2D eigenvalue weighted by molar-refractivity contribution is 7.99. The quantitative estimate of drug-likeness (QED) is 0.793. The molecule has 2 N–H and O–H groups in total. The number of rotatable bonds is 7. The van der Waals surface area contributed by atoms with Crippen LogP contribution in [0.25, 0.3) is 0 Å². The van der Waals surface area contributed by atoms with Crippen molar-refractivity contribution in [3.63, 3.8) is 0 Å². The molecule has 1 aromatic rings. The molecule has 7 heteroatoms. The zero-order chi connectivity index (χ0) is 12.7. The Morgan fingerprint density at radius 1 is 1.59 bits per heavy atom. The van der Waals surface area contributed by atoms with Gasteiger partial charge in [0.2, 0.25) is 5.91 Å².